The van der Waals surface area contributed by atoms with Crippen molar-refractivity contribution in [2.75, 3.05) is 26.9 Å². The number of thiazole rings is 1. The van der Waals surface area contributed by atoms with Crippen molar-refractivity contribution >= 4 is 27.3 Å². The van der Waals surface area contributed by atoms with Crippen molar-refractivity contribution in [1.82, 2.24) is 9.71 Å². The summed E-state index contributed by atoms with van der Waals surface area (Å²) in [5, 5.41) is 0. The predicted molar refractivity (Wildman–Crippen MR) is 76.8 cm³/mol. The first-order chi connectivity index (χ1) is 9.88. The van der Waals surface area contributed by atoms with Crippen molar-refractivity contribution in [2.24, 2.45) is 5.41 Å². The first-order valence-electron chi connectivity index (χ1n) is 6.47. The molecule has 118 valence electrons. The van der Waals surface area contributed by atoms with Crippen LogP contribution in [-0.2, 0) is 19.5 Å². The van der Waals surface area contributed by atoms with Crippen LogP contribution in [0.4, 0.5) is 0 Å². The molecule has 1 fully saturated rings. The number of sulfonamides is 1. The molecule has 0 radical (unpaired) electrons. The van der Waals surface area contributed by atoms with Crippen LogP contribution in [0.2, 0.25) is 0 Å². The highest BCUT2D eigenvalue weighted by Gasteiger charge is 2.32. The normalized spacial score (nSPS) is 18.4. The van der Waals surface area contributed by atoms with E-state index in [1.165, 1.54) is 12.6 Å². The lowest BCUT2D eigenvalue weighted by molar-refractivity contribution is 0.0265. The Balaban J connectivity index is 2.12. The van der Waals surface area contributed by atoms with E-state index in [-0.39, 0.29) is 15.3 Å². The van der Waals surface area contributed by atoms with Crippen molar-refractivity contribution in [2.45, 2.75) is 24.0 Å². The Morgan fingerprint density at radius 2 is 2.19 bits per heavy atom. The van der Waals surface area contributed by atoms with Gasteiger partial charge in [0.1, 0.15) is 0 Å². The third-order valence-corrected chi connectivity index (χ3v) is 6.32. The van der Waals surface area contributed by atoms with Gasteiger partial charge in [0, 0.05) is 19.8 Å². The molecular weight excluding hydrogens is 316 g/mol. The topological polar surface area (TPSA) is 94.6 Å². The molecule has 1 aromatic heterocycles. The van der Waals surface area contributed by atoms with E-state index in [1.54, 1.807) is 0 Å². The lowest BCUT2D eigenvalue weighted by atomic mass is 9.83. The van der Waals surface area contributed by atoms with E-state index in [0.717, 1.165) is 24.2 Å². The minimum atomic E-state index is -3.78. The molecule has 0 unspecified atom stereocenters. The van der Waals surface area contributed by atoms with Crippen molar-refractivity contribution in [1.29, 1.82) is 0 Å². The van der Waals surface area contributed by atoms with Crippen molar-refractivity contribution in [3.8, 4) is 0 Å². The second-order valence-electron chi connectivity index (χ2n) is 5.23. The highest BCUT2D eigenvalue weighted by Crippen LogP contribution is 2.30. The van der Waals surface area contributed by atoms with Gasteiger partial charge in [-0.15, -0.1) is 11.3 Å². The van der Waals surface area contributed by atoms with Crippen LogP contribution in [0.5, 0.6) is 0 Å². The minimum absolute atomic E-state index is 0.106. The molecule has 0 spiro atoms. The SMILES string of the molecule is COC(=O)c1ncsc1S(=O)(=O)NCC1(C)CCOCC1. The third kappa shape index (κ3) is 3.79. The quantitative estimate of drug-likeness (QED) is 0.808. The zero-order valence-corrected chi connectivity index (χ0v) is 13.6. The molecule has 21 heavy (non-hydrogen) atoms. The molecule has 0 aliphatic carbocycles. The number of hydrogen-bond acceptors (Lipinski definition) is 7. The molecular formula is C12H18N2O5S2. The van der Waals surface area contributed by atoms with Crippen LogP contribution in [0.25, 0.3) is 0 Å². The average Bonchev–Trinajstić information content (AvgIpc) is 2.96. The summed E-state index contributed by atoms with van der Waals surface area (Å²) in [6, 6.07) is 0. The van der Waals surface area contributed by atoms with Gasteiger partial charge in [0.15, 0.2) is 9.90 Å². The number of esters is 1. The molecule has 0 aromatic carbocycles. The van der Waals surface area contributed by atoms with Crippen molar-refractivity contribution in [3.63, 3.8) is 0 Å². The van der Waals surface area contributed by atoms with E-state index in [2.05, 4.69) is 14.4 Å². The van der Waals surface area contributed by atoms with Gasteiger partial charge in [-0.25, -0.2) is 22.9 Å². The first-order valence-corrected chi connectivity index (χ1v) is 8.83. The monoisotopic (exact) mass is 334 g/mol. The molecule has 1 N–H and O–H groups in total. The van der Waals surface area contributed by atoms with Crippen LogP contribution < -0.4 is 4.72 Å². The second kappa shape index (κ2) is 6.39. The van der Waals surface area contributed by atoms with Gasteiger partial charge in [0.2, 0.25) is 0 Å². The Labute approximate surface area is 127 Å². The lowest BCUT2D eigenvalue weighted by Crippen LogP contribution is -2.39. The molecule has 0 bridgehead atoms. The van der Waals surface area contributed by atoms with Crippen LogP contribution in [0.1, 0.15) is 30.3 Å². The number of carbonyl (C=O) groups is 1. The number of nitrogens with one attached hydrogen (secondary N) is 1. The van der Waals surface area contributed by atoms with Gasteiger partial charge in [0.05, 0.1) is 12.6 Å². The number of rotatable bonds is 5. The molecule has 1 aromatic rings. The molecule has 1 aliphatic heterocycles. The van der Waals surface area contributed by atoms with Gasteiger partial charge in [-0.05, 0) is 18.3 Å². The molecule has 7 nitrogen and oxygen atoms in total. The zero-order chi connectivity index (χ0) is 15.5. The highest BCUT2D eigenvalue weighted by atomic mass is 32.2. The Hall–Kier alpha value is -1.03. The Kier molecular flexibility index (Phi) is 4.97. The van der Waals surface area contributed by atoms with Crippen LogP contribution in [0.15, 0.2) is 9.72 Å². The highest BCUT2D eigenvalue weighted by molar-refractivity contribution is 7.91. The summed E-state index contributed by atoms with van der Waals surface area (Å²) in [5.74, 6) is -0.756. The fourth-order valence-corrected chi connectivity index (χ4v) is 4.41. The second-order valence-corrected chi connectivity index (χ2v) is 8.04. The standard InChI is InChI=1S/C12H18N2O5S2/c1-12(3-5-19-6-4-12)7-14-21(16,17)11-9(10(15)18-2)13-8-20-11/h8,14H,3-7H2,1-2H3. The smallest absolute Gasteiger partial charge is 0.358 e. The van der Waals surface area contributed by atoms with Crippen LogP contribution in [0, 0.1) is 5.41 Å². The summed E-state index contributed by atoms with van der Waals surface area (Å²) in [6.45, 7) is 3.58. The summed E-state index contributed by atoms with van der Waals surface area (Å²) in [7, 11) is -2.59. The molecule has 1 aliphatic rings. The van der Waals surface area contributed by atoms with Crippen molar-refractivity contribution < 1.29 is 22.7 Å². The van der Waals surface area contributed by atoms with Gasteiger partial charge >= 0.3 is 5.97 Å². The summed E-state index contributed by atoms with van der Waals surface area (Å²) in [6.07, 6.45) is 1.59. The Morgan fingerprint density at radius 1 is 1.52 bits per heavy atom. The maximum absolute atomic E-state index is 12.3. The van der Waals surface area contributed by atoms with Gasteiger partial charge in [-0.3, -0.25) is 0 Å². The molecule has 2 rings (SSSR count). The maximum Gasteiger partial charge on any atom is 0.358 e. The average molecular weight is 334 g/mol. The summed E-state index contributed by atoms with van der Waals surface area (Å²) in [4.78, 5) is 15.3. The zero-order valence-electron chi connectivity index (χ0n) is 11.9. The Bertz CT molecular complexity index is 605. The van der Waals surface area contributed by atoms with Crippen molar-refractivity contribution in [3.05, 3.63) is 11.2 Å². The fraction of sp³-hybridized carbons (Fsp3) is 0.667. The first kappa shape index (κ1) is 16.3. The van der Waals surface area contributed by atoms with Crippen LogP contribution in [-0.4, -0.2) is 46.2 Å². The summed E-state index contributed by atoms with van der Waals surface area (Å²) < 4.78 is 37.0. The van der Waals surface area contributed by atoms with Gasteiger partial charge in [-0.2, -0.15) is 0 Å². The molecule has 0 amide bonds. The van der Waals surface area contributed by atoms with E-state index in [1.807, 2.05) is 6.92 Å². The van der Waals surface area contributed by atoms with E-state index >= 15 is 0 Å². The van der Waals surface area contributed by atoms with E-state index in [0.29, 0.717) is 19.8 Å². The summed E-state index contributed by atoms with van der Waals surface area (Å²) >= 11 is 0.899. The number of methoxy groups -OCH3 is 1. The predicted octanol–water partition coefficient (Wildman–Crippen LogP) is 1.02. The maximum atomic E-state index is 12.3. The molecule has 9 heteroatoms. The number of ether oxygens (including phenoxy) is 2. The van der Waals surface area contributed by atoms with Gasteiger partial charge in [-0.1, -0.05) is 6.92 Å². The Morgan fingerprint density at radius 3 is 2.81 bits per heavy atom. The largest absolute Gasteiger partial charge is 0.464 e. The molecule has 0 atom stereocenters. The van der Waals surface area contributed by atoms with Gasteiger partial charge < -0.3 is 9.47 Å². The molecule has 1 saturated heterocycles. The lowest BCUT2D eigenvalue weighted by Gasteiger charge is -2.33. The van der Waals surface area contributed by atoms with E-state index < -0.39 is 16.0 Å². The number of nitrogens with zero attached hydrogens (tertiary/aromatic N) is 1. The van der Waals surface area contributed by atoms with Crippen LogP contribution in [0.3, 0.4) is 0 Å². The van der Waals surface area contributed by atoms with Crippen LogP contribution >= 0.6 is 11.3 Å². The summed E-state index contributed by atoms with van der Waals surface area (Å²) in [5.41, 5.74) is 1.01. The molecule has 0 saturated carbocycles. The number of carbonyl (C=O) groups excluding carboxylic acids is 1. The minimum Gasteiger partial charge on any atom is -0.464 e. The van der Waals surface area contributed by atoms with E-state index in [4.69, 9.17) is 4.74 Å². The molecule has 2 heterocycles. The van der Waals surface area contributed by atoms with E-state index in [9.17, 15) is 13.2 Å². The number of aromatic nitrogens is 1. The fourth-order valence-electron chi connectivity index (χ4n) is 2.03. The van der Waals surface area contributed by atoms with Gasteiger partial charge in [0.25, 0.3) is 10.0 Å². The third-order valence-electron chi connectivity index (χ3n) is 3.55. The number of hydrogen-bond donors (Lipinski definition) is 1.